The maximum Gasteiger partial charge on any atom is 0.267 e. The number of pyridine rings is 2. The fourth-order valence-electron chi connectivity index (χ4n) is 3.61. The molecule has 140 valence electrons. The molecule has 0 radical (unpaired) electrons. The number of carbonyl (C=O) groups excluding carboxylic acids is 2. The van der Waals surface area contributed by atoms with Crippen LogP contribution < -0.4 is 15.8 Å². The SMILES string of the molecule is CC[C@@H]1[C@H](F)C(=O)N[C@@H]1COc1nccc2cc(C(N)=O)n3nccc3c12. The number of carbonyl (C=O) groups is 2. The zero-order chi connectivity index (χ0) is 19.1. The average molecular weight is 371 g/mol. The number of nitrogens with zero attached hydrogens (tertiary/aromatic N) is 3. The second-order valence-corrected chi connectivity index (χ2v) is 6.50. The van der Waals surface area contributed by atoms with E-state index in [1.165, 1.54) is 4.52 Å². The highest BCUT2D eigenvalue weighted by Crippen LogP contribution is 2.30. The topological polar surface area (TPSA) is 112 Å². The van der Waals surface area contributed by atoms with Gasteiger partial charge in [-0.1, -0.05) is 6.92 Å². The predicted octanol–water partition coefficient (Wildman–Crippen LogP) is 1.22. The summed E-state index contributed by atoms with van der Waals surface area (Å²) < 4.78 is 21.3. The quantitative estimate of drug-likeness (QED) is 0.700. The smallest absolute Gasteiger partial charge is 0.267 e. The van der Waals surface area contributed by atoms with Crippen molar-refractivity contribution in [1.82, 2.24) is 19.9 Å². The van der Waals surface area contributed by atoms with E-state index in [1.807, 2.05) is 6.92 Å². The fraction of sp³-hybridized carbons (Fsp3) is 0.333. The monoisotopic (exact) mass is 371 g/mol. The van der Waals surface area contributed by atoms with Gasteiger partial charge in [-0.25, -0.2) is 13.9 Å². The van der Waals surface area contributed by atoms with E-state index in [0.29, 0.717) is 28.6 Å². The van der Waals surface area contributed by atoms with Crippen LogP contribution in [-0.2, 0) is 4.79 Å². The van der Waals surface area contributed by atoms with Crippen LogP contribution in [0.25, 0.3) is 16.3 Å². The van der Waals surface area contributed by atoms with Gasteiger partial charge in [0.1, 0.15) is 12.3 Å². The van der Waals surface area contributed by atoms with Crippen LogP contribution in [0.1, 0.15) is 23.8 Å². The van der Waals surface area contributed by atoms with Gasteiger partial charge in [-0.05, 0) is 30.0 Å². The Hall–Kier alpha value is -3.23. The van der Waals surface area contributed by atoms with Crippen LogP contribution in [0, 0.1) is 5.92 Å². The predicted molar refractivity (Wildman–Crippen MR) is 95.1 cm³/mol. The zero-order valence-corrected chi connectivity index (χ0v) is 14.6. The molecule has 0 spiro atoms. The van der Waals surface area contributed by atoms with Gasteiger partial charge in [0, 0.05) is 12.1 Å². The number of aromatic nitrogens is 3. The van der Waals surface area contributed by atoms with E-state index in [0.717, 1.165) is 0 Å². The third-order valence-electron chi connectivity index (χ3n) is 4.96. The summed E-state index contributed by atoms with van der Waals surface area (Å²) in [7, 11) is 0. The van der Waals surface area contributed by atoms with Gasteiger partial charge >= 0.3 is 0 Å². The molecule has 3 atom stereocenters. The van der Waals surface area contributed by atoms with Crippen LogP contribution in [0.3, 0.4) is 0 Å². The van der Waals surface area contributed by atoms with Crippen molar-refractivity contribution in [2.75, 3.05) is 6.61 Å². The molecule has 0 saturated carbocycles. The number of nitrogens with one attached hydrogen (secondary N) is 1. The van der Waals surface area contributed by atoms with Gasteiger partial charge in [0.05, 0.1) is 23.1 Å². The molecule has 0 aliphatic carbocycles. The molecule has 27 heavy (non-hydrogen) atoms. The van der Waals surface area contributed by atoms with Crippen molar-refractivity contribution in [1.29, 1.82) is 0 Å². The Labute approximate surface area is 153 Å². The molecule has 4 heterocycles. The molecule has 0 unspecified atom stereocenters. The number of halogens is 1. The Morgan fingerprint density at radius 2 is 2.22 bits per heavy atom. The molecule has 3 aromatic rings. The van der Waals surface area contributed by atoms with Crippen molar-refractivity contribution in [3.05, 3.63) is 36.3 Å². The third-order valence-corrected chi connectivity index (χ3v) is 4.96. The Morgan fingerprint density at radius 3 is 2.96 bits per heavy atom. The first kappa shape index (κ1) is 17.2. The molecule has 1 saturated heterocycles. The number of hydrogen-bond donors (Lipinski definition) is 2. The highest BCUT2D eigenvalue weighted by Gasteiger charge is 2.41. The van der Waals surface area contributed by atoms with Gasteiger partial charge in [-0.2, -0.15) is 5.10 Å². The summed E-state index contributed by atoms with van der Waals surface area (Å²) in [4.78, 5) is 27.6. The Morgan fingerprint density at radius 1 is 1.41 bits per heavy atom. The van der Waals surface area contributed by atoms with Crippen molar-refractivity contribution in [3.63, 3.8) is 0 Å². The number of ether oxygens (including phenoxy) is 1. The van der Waals surface area contributed by atoms with Crippen molar-refractivity contribution in [2.45, 2.75) is 25.6 Å². The average Bonchev–Trinajstić information content (AvgIpc) is 3.24. The Bertz CT molecular complexity index is 1050. The summed E-state index contributed by atoms with van der Waals surface area (Å²) in [5.41, 5.74) is 6.31. The van der Waals surface area contributed by atoms with E-state index in [4.69, 9.17) is 10.5 Å². The molecule has 1 aliphatic heterocycles. The van der Waals surface area contributed by atoms with E-state index in [-0.39, 0.29) is 12.3 Å². The van der Waals surface area contributed by atoms with Crippen LogP contribution in [-0.4, -0.2) is 45.2 Å². The summed E-state index contributed by atoms with van der Waals surface area (Å²) >= 11 is 0. The van der Waals surface area contributed by atoms with Gasteiger partial charge in [0.15, 0.2) is 6.17 Å². The number of amides is 2. The van der Waals surface area contributed by atoms with E-state index in [1.54, 1.807) is 30.6 Å². The third kappa shape index (κ3) is 2.75. The first-order valence-corrected chi connectivity index (χ1v) is 8.63. The summed E-state index contributed by atoms with van der Waals surface area (Å²) in [6.45, 7) is 1.93. The lowest BCUT2D eigenvalue weighted by molar-refractivity contribution is -0.123. The van der Waals surface area contributed by atoms with Gasteiger partial charge in [0.25, 0.3) is 11.8 Å². The summed E-state index contributed by atoms with van der Waals surface area (Å²) in [6.07, 6.45) is 2.10. The molecule has 1 fully saturated rings. The lowest BCUT2D eigenvalue weighted by atomic mass is 9.97. The van der Waals surface area contributed by atoms with Crippen molar-refractivity contribution in [3.8, 4) is 5.88 Å². The molecular formula is C18H18FN5O3. The van der Waals surface area contributed by atoms with Gasteiger partial charge in [-0.15, -0.1) is 0 Å². The van der Waals surface area contributed by atoms with Crippen LogP contribution in [0.15, 0.2) is 30.6 Å². The standard InChI is InChI=1S/C18H18FN5O3/c1-2-10-11(23-17(26)15(10)19)8-27-18-14-9(3-5-21-18)7-13(16(20)25)24-12(14)4-6-22-24/h3-7,10-11,15H,2,8H2,1H3,(H2,20,25)(H,23,26)/t10-,11+,15-/m0/s1. The second-order valence-electron chi connectivity index (χ2n) is 6.50. The van der Waals surface area contributed by atoms with Gasteiger partial charge in [0.2, 0.25) is 5.88 Å². The molecule has 0 aromatic carbocycles. The van der Waals surface area contributed by atoms with Crippen LogP contribution >= 0.6 is 0 Å². The number of rotatable bonds is 5. The van der Waals surface area contributed by atoms with E-state index < -0.39 is 29.9 Å². The molecule has 0 bridgehead atoms. The molecule has 9 heteroatoms. The number of primary amides is 1. The molecule has 4 rings (SSSR count). The van der Waals surface area contributed by atoms with Crippen LogP contribution in [0.2, 0.25) is 0 Å². The lowest BCUT2D eigenvalue weighted by Gasteiger charge is -2.19. The molecule has 2 amide bonds. The summed E-state index contributed by atoms with van der Waals surface area (Å²) in [5, 5.41) is 8.15. The van der Waals surface area contributed by atoms with E-state index in [2.05, 4.69) is 15.4 Å². The highest BCUT2D eigenvalue weighted by atomic mass is 19.1. The summed E-state index contributed by atoms with van der Waals surface area (Å²) in [5.74, 6) is -1.33. The highest BCUT2D eigenvalue weighted by molar-refractivity contribution is 6.04. The molecular weight excluding hydrogens is 353 g/mol. The van der Waals surface area contributed by atoms with E-state index >= 15 is 0 Å². The maximum atomic E-state index is 14.0. The Balaban J connectivity index is 1.72. The van der Waals surface area contributed by atoms with Crippen molar-refractivity contribution in [2.24, 2.45) is 11.7 Å². The zero-order valence-electron chi connectivity index (χ0n) is 14.6. The summed E-state index contributed by atoms with van der Waals surface area (Å²) in [6, 6.07) is 4.66. The fourth-order valence-corrected chi connectivity index (χ4v) is 3.61. The lowest BCUT2D eigenvalue weighted by Crippen LogP contribution is -2.34. The normalized spacial score (nSPS) is 22.3. The van der Waals surface area contributed by atoms with Gasteiger partial charge in [-0.3, -0.25) is 9.59 Å². The van der Waals surface area contributed by atoms with Crippen LogP contribution in [0.5, 0.6) is 5.88 Å². The minimum absolute atomic E-state index is 0.0919. The molecule has 8 nitrogen and oxygen atoms in total. The second kappa shape index (κ2) is 6.49. The first-order valence-electron chi connectivity index (χ1n) is 8.63. The number of hydrogen-bond acceptors (Lipinski definition) is 5. The largest absolute Gasteiger partial charge is 0.475 e. The van der Waals surface area contributed by atoms with Crippen molar-refractivity contribution < 1.29 is 18.7 Å². The molecule has 3 aromatic heterocycles. The Kier molecular flexibility index (Phi) is 4.14. The minimum Gasteiger partial charge on any atom is -0.475 e. The number of alkyl halides is 1. The number of nitrogens with two attached hydrogens (primary N) is 1. The van der Waals surface area contributed by atoms with Gasteiger partial charge < -0.3 is 15.8 Å². The van der Waals surface area contributed by atoms with Crippen molar-refractivity contribution >= 4 is 28.1 Å². The van der Waals surface area contributed by atoms with Crippen LogP contribution in [0.4, 0.5) is 4.39 Å². The molecule has 1 aliphatic rings. The first-order chi connectivity index (χ1) is 13.0. The maximum absolute atomic E-state index is 14.0. The molecule has 3 N–H and O–H groups in total. The van der Waals surface area contributed by atoms with E-state index in [9.17, 15) is 14.0 Å². The number of fused-ring (bicyclic) bond motifs is 3. The minimum atomic E-state index is -1.52.